The number of carbonyl (C=O) groups excluding carboxylic acids is 1. The van der Waals surface area contributed by atoms with Gasteiger partial charge in [-0.1, -0.05) is 6.07 Å². The molecule has 0 aliphatic rings. The number of aromatic nitrogens is 1. The molecule has 3 rings (SSSR count). The summed E-state index contributed by atoms with van der Waals surface area (Å²) in [5.41, 5.74) is 3.87. The average molecular weight is 280 g/mol. The van der Waals surface area contributed by atoms with Crippen molar-refractivity contribution in [1.82, 2.24) is 4.98 Å². The monoisotopic (exact) mass is 280 g/mol. The van der Waals surface area contributed by atoms with E-state index in [0.29, 0.717) is 5.56 Å². The number of hydrogen-bond acceptors (Lipinski definition) is 3. The predicted molar refractivity (Wildman–Crippen MR) is 83.4 cm³/mol. The van der Waals surface area contributed by atoms with Crippen molar-refractivity contribution in [2.45, 2.75) is 6.54 Å². The first-order chi connectivity index (χ1) is 10.3. The minimum absolute atomic E-state index is 0.320. The number of anilines is 1. The summed E-state index contributed by atoms with van der Waals surface area (Å²) in [6.07, 6.45) is 1.94. The normalized spacial score (nSPS) is 10.5. The van der Waals surface area contributed by atoms with Crippen LogP contribution in [0, 0.1) is 0 Å². The largest absolute Gasteiger partial charge is 0.465 e. The number of hydrogen-bond donors (Lipinski definition) is 2. The van der Waals surface area contributed by atoms with E-state index in [4.69, 9.17) is 0 Å². The lowest BCUT2D eigenvalue weighted by atomic mass is 10.1. The standard InChI is InChI=1S/C17H16N2O2/c1-21-17(20)13-3-5-15(6-4-13)19-11-12-2-7-16-14(10-12)8-9-18-16/h2-10,18-19H,11H2,1H3. The van der Waals surface area contributed by atoms with Crippen LogP contribution in [0.15, 0.2) is 54.7 Å². The van der Waals surface area contributed by atoms with E-state index in [1.54, 1.807) is 12.1 Å². The fraction of sp³-hybridized carbons (Fsp3) is 0.118. The zero-order valence-corrected chi connectivity index (χ0v) is 11.7. The van der Waals surface area contributed by atoms with Crippen molar-refractivity contribution in [2.24, 2.45) is 0 Å². The molecule has 21 heavy (non-hydrogen) atoms. The number of nitrogens with one attached hydrogen (secondary N) is 2. The molecule has 0 spiro atoms. The van der Waals surface area contributed by atoms with Crippen LogP contribution in [0.5, 0.6) is 0 Å². The van der Waals surface area contributed by atoms with E-state index < -0.39 is 0 Å². The summed E-state index contributed by atoms with van der Waals surface area (Å²) in [7, 11) is 1.38. The first-order valence-corrected chi connectivity index (χ1v) is 6.74. The Morgan fingerprint density at radius 1 is 1.14 bits per heavy atom. The molecule has 3 aromatic rings. The molecule has 1 aromatic heterocycles. The van der Waals surface area contributed by atoms with E-state index in [9.17, 15) is 4.79 Å². The highest BCUT2D eigenvalue weighted by atomic mass is 16.5. The third-order valence-electron chi connectivity index (χ3n) is 3.42. The van der Waals surface area contributed by atoms with Crippen LogP contribution in [0.4, 0.5) is 5.69 Å². The van der Waals surface area contributed by atoms with Crippen LogP contribution in [0.25, 0.3) is 10.9 Å². The second-order valence-electron chi connectivity index (χ2n) is 4.82. The molecule has 0 radical (unpaired) electrons. The third kappa shape index (κ3) is 2.89. The molecule has 0 saturated heterocycles. The number of methoxy groups -OCH3 is 1. The quantitative estimate of drug-likeness (QED) is 0.718. The van der Waals surface area contributed by atoms with Crippen LogP contribution in [0.3, 0.4) is 0 Å². The smallest absolute Gasteiger partial charge is 0.337 e. The first-order valence-electron chi connectivity index (χ1n) is 6.74. The summed E-state index contributed by atoms with van der Waals surface area (Å²) < 4.78 is 4.68. The maximum absolute atomic E-state index is 11.4. The van der Waals surface area contributed by atoms with Gasteiger partial charge in [0.05, 0.1) is 12.7 Å². The molecule has 0 saturated carbocycles. The van der Waals surface area contributed by atoms with Gasteiger partial charge >= 0.3 is 5.97 Å². The second-order valence-corrected chi connectivity index (χ2v) is 4.82. The predicted octanol–water partition coefficient (Wildman–Crippen LogP) is 3.57. The number of benzene rings is 2. The molecule has 1 heterocycles. The van der Waals surface area contributed by atoms with Crippen molar-refractivity contribution in [3.63, 3.8) is 0 Å². The molecule has 0 amide bonds. The number of ether oxygens (including phenoxy) is 1. The van der Waals surface area contributed by atoms with Gasteiger partial charge in [0.25, 0.3) is 0 Å². The Hall–Kier alpha value is -2.75. The van der Waals surface area contributed by atoms with Crippen LogP contribution < -0.4 is 5.32 Å². The summed E-state index contributed by atoms with van der Waals surface area (Å²) in [6, 6.07) is 15.6. The van der Waals surface area contributed by atoms with E-state index >= 15 is 0 Å². The highest BCUT2D eigenvalue weighted by Gasteiger charge is 2.04. The van der Waals surface area contributed by atoms with Crippen LogP contribution in [0.2, 0.25) is 0 Å². The molecule has 2 aromatic carbocycles. The Morgan fingerprint density at radius 3 is 2.71 bits per heavy atom. The van der Waals surface area contributed by atoms with Gasteiger partial charge in [-0.15, -0.1) is 0 Å². The lowest BCUT2D eigenvalue weighted by Gasteiger charge is -2.07. The van der Waals surface area contributed by atoms with Crippen molar-refractivity contribution < 1.29 is 9.53 Å². The SMILES string of the molecule is COC(=O)c1ccc(NCc2ccc3[nH]ccc3c2)cc1. The fourth-order valence-corrected chi connectivity index (χ4v) is 2.26. The van der Waals surface area contributed by atoms with Crippen molar-refractivity contribution in [2.75, 3.05) is 12.4 Å². The van der Waals surface area contributed by atoms with Crippen molar-refractivity contribution in [1.29, 1.82) is 0 Å². The maximum atomic E-state index is 11.4. The van der Waals surface area contributed by atoms with Crippen LogP contribution in [-0.2, 0) is 11.3 Å². The lowest BCUT2D eigenvalue weighted by Crippen LogP contribution is -2.02. The molecule has 0 aliphatic heterocycles. The number of carbonyl (C=O) groups is 1. The Labute approximate surface area is 122 Å². The molecule has 106 valence electrons. The summed E-state index contributed by atoms with van der Waals surface area (Å²) in [6.45, 7) is 0.735. The van der Waals surface area contributed by atoms with Gasteiger partial charge in [-0.2, -0.15) is 0 Å². The molecule has 0 unspecified atom stereocenters. The van der Waals surface area contributed by atoms with Crippen LogP contribution in [0.1, 0.15) is 15.9 Å². The first kappa shape index (κ1) is 13.2. The number of rotatable bonds is 4. The minimum atomic E-state index is -0.320. The van der Waals surface area contributed by atoms with Gasteiger partial charge < -0.3 is 15.0 Å². The fourth-order valence-electron chi connectivity index (χ4n) is 2.26. The summed E-state index contributed by atoms with van der Waals surface area (Å²) in [5.74, 6) is -0.320. The topological polar surface area (TPSA) is 54.1 Å². The van der Waals surface area contributed by atoms with E-state index in [0.717, 1.165) is 17.7 Å². The van der Waals surface area contributed by atoms with Gasteiger partial charge in [0, 0.05) is 23.9 Å². The van der Waals surface area contributed by atoms with Crippen molar-refractivity contribution >= 4 is 22.6 Å². The average Bonchev–Trinajstić information content (AvgIpc) is 3.00. The molecule has 4 nitrogen and oxygen atoms in total. The molecule has 2 N–H and O–H groups in total. The molecule has 0 atom stereocenters. The van der Waals surface area contributed by atoms with Crippen LogP contribution in [-0.4, -0.2) is 18.1 Å². The third-order valence-corrected chi connectivity index (χ3v) is 3.42. The van der Waals surface area contributed by atoms with E-state index in [2.05, 4.69) is 39.3 Å². The Bertz CT molecular complexity index is 760. The molecule has 4 heteroatoms. The zero-order valence-electron chi connectivity index (χ0n) is 11.7. The molecule has 0 aliphatic carbocycles. The minimum Gasteiger partial charge on any atom is -0.465 e. The van der Waals surface area contributed by atoms with Gasteiger partial charge in [0.2, 0.25) is 0 Å². The number of aromatic amines is 1. The molecule has 0 fully saturated rings. The Morgan fingerprint density at radius 2 is 1.95 bits per heavy atom. The number of H-pyrrole nitrogens is 1. The molecular weight excluding hydrogens is 264 g/mol. The summed E-state index contributed by atoms with van der Waals surface area (Å²) in [5, 5.41) is 4.54. The van der Waals surface area contributed by atoms with Gasteiger partial charge in [-0.3, -0.25) is 0 Å². The molecular formula is C17H16N2O2. The number of esters is 1. The van der Waals surface area contributed by atoms with Gasteiger partial charge in [0.15, 0.2) is 0 Å². The van der Waals surface area contributed by atoms with Gasteiger partial charge in [0.1, 0.15) is 0 Å². The second kappa shape index (κ2) is 5.71. The van der Waals surface area contributed by atoms with Crippen molar-refractivity contribution in [3.8, 4) is 0 Å². The molecule has 0 bridgehead atoms. The van der Waals surface area contributed by atoms with E-state index in [1.807, 2.05) is 18.3 Å². The van der Waals surface area contributed by atoms with Gasteiger partial charge in [-0.05, 0) is 53.4 Å². The maximum Gasteiger partial charge on any atom is 0.337 e. The Kier molecular flexibility index (Phi) is 3.60. The van der Waals surface area contributed by atoms with E-state index in [1.165, 1.54) is 18.1 Å². The zero-order chi connectivity index (χ0) is 14.7. The number of fused-ring (bicyclic) bond motifs is 1. The highest BCUT2D eigenvalue weighted by Crippen LogP contribution is 2.16. The summed E-state index contributed by atoms with van der Waals surface area (Å²) >= 11 is 0. The van der Waals surface area contributed by atoms with Crippen LogP contribution >= 0.6 is 0 Å². The summed E-state index contributed by atoms with van der Waals surface area (Å²) in [4.78, 5) is 14.5. The van der Waals surface area contributed by atoms with Gasteiger partial charge in [-0.25, -0.2) is 4.79 Å². The highest BCUT2D eigenvalue weighted by molar-refractivity contribution is 5.89. The van der Waals surface area contributed by atoms with Crippen molar-refractivity contribution in [3.05, 3.63) is 65.9 Å². The lowest BCUT2D eigenvalue weighted by molar-refractivity contribution is 0.0601. The Balaban J connectivity index is 1.67. The van der Waals surface area contributed by atoms with E-state index in [-0.39, 0.29) is 5.97 Å².